The first kappa shape index (κ1) is 18.1. The van der Waals surface area contributed by atoms with E-state index in [1.807, 2.05) is 0 Å². The summed E-state index contributed by atoms with van der Waals surface area (Å²) in [6.07, 6.45) is 0. The minimum absolute atomic E-state index is 0.263. The maximum atomic E-state index is 12.3. The zero-order chi connectivity index (χ0) is 18.5. The van der Waals surface area contributed by atoms with Crippen molar-refractivity contribution in [3.63, 3.8) is 0 Å². The molecule has 1 N–H and O–H groups in total. The number of ether oxygens (including phenoxy) is 2. The fourth-order valence-electron chi connectivity index (χ4n) is 2.26. The van der Waals surface area contributed by atoms with Crippen LogP contribution in [-0.4, -0.2) is 13.0 Å². The summed E-state index contributed by atoms with van der Waals surface area (Å²) in [6.45, 7) is 0. The van der Waals surface area contributed by atoms with Crippen molar-refractivity contribution in [2.24, 2.45) is 0 Å². The highest BCUT2D eigenvalue weighted by Gasteiger charge is 2.09. The molecule has 0 fully saturated rings. The summed E-state index contributed by atoms with van der Waals surface area (Å²) < 4.78 is 10.8. The Morgan fingerprint density at radius 2 is 1.50 bits per heavy atom. The van der Waals surface area contributed by atoms with Gasteiger partial charge in [0.2, 0.25) is 0 Å². The first-order valence-corrected chi connectivity index (χ1v) is 8.49. The summed E-state index contributed by atoms with van der Waals surface area (Å²) in [4.78, 5) is 12.3. The SMILES string of the molecule is COc1ccc(C(=O)Nc2ccc(Oc3ccc(Cl)cc3)cc2)cc1Cl. The lowest BCUT2D eigenvalue weighted by Gasteiger charge is -2.09. The van der Waals surface area contributed by atoms with Gasteiger partial charge in [0.05, 0.1) is 12.1 Å². The van der Waals surface area contributed by atoms with Crippen molar-refractivity contribution in [3.05, 3.63) is 82.3 Å². The van der Waals surface area contributed by atoms with Crippen molar-refractivity contribution in [2.45, 2.75) is 0 Å². The van der Waals surface area contributed by atoms with E-state index >= 15 is 0 Å². The topological polar surface area (TPSA) is 47.6 Å². The van der Waals surface area contributed by atoms with E-state index in [0.717, 1.165) is 0 Å². The molecule has 132 valence electrons. The van der Waals surface area contributed by atoms with Crippen molar-refractivity contribution in [2.75, 3.05) is 12.4 Å². The van der Waals surface area contributed by atoms with Crippen LogP contribution in [0.15, 0.2) is 66.7 Å². The van der Waals surface area contributed by atoms with Gasteiger partial charge < -0.3 is 14.8 Å². The van der Waals surface area contributed by atoms with Gasteiger partial charge in [-0.25, -0.2) is 0 Å². The van der Waals surface area contributed by atoms with Crippen molar-refractivity contribution in [1.29, 1.82) is 0 Å². The second-order valence-corrected chi connectivity index (χ2v) is 6.23. The van der Waals surface area contributed by atoms with Crippen molar-refractivity contribution >= 4 is 34.8 Å². The summed E-state index contributed by atoms with van der Waals surface area (Å²) >= 11 is 11.9. The van der Waals surface area contributed by atoms with Gasteiger partial charge in [0.1, 0.15) is 17.2 Å². The van der Waals surface area contributed by atoms with Crippen LogP contribution in [-0.2, 0) is 0 Å². The van der Waals surface area contributed by atoms with E-state index in [2.05, 4.69) is 5.32 Å². The Balaban J connectivity index is 1.66. The minimum Gasteiger partial charge on any atom is -0.495 e. The number of hydrogen-bond acceptors (Lipinski definition) is 3. The van der Waals surface area contributed by atoms with Gasteiger partial charge in [-0.1, -0.05) is 23.2 Å². The first-order valence-electron chi connectivity index (χ1n) is 7.73. The lowest BCUT2D eigenvalue weighted by molar-refractivity contribution is 0.102. The summed E-state index contributed by atoms with van der Waals surface area (Å²) in [6, 6.07) is 19.0. The van der Waals surface area contributed by atoms with Crippen molar-refractivity contribution in [3.8, 4) is 17.2 Å². The Bertz CT molecular complexity index is 909. The van der Waals surface area contributed by atoms with Crippen LogP contribution in [0.2, 0.25) is 10.0 Å². The molecule has 0 aromatic heterocycles. The molecule has 1 amide bonds. The Labute approximate surface area is 161 Å². The van der Waals surface area contributed by atoms with Crippen LogP contribution in [0.25, 0.3) is 0 Å². The average Bonchev–Trinajstić information content (AvgIpc) is 2.65. The average molecular weight is 388 g/mol. The van der Waals surface area contributed by atoms with E-state index in [-0.39, 0.29) is 5.91 Å². The van der Waals surface area contributed by atoms with E-state index in [4.69, 9.17) is 32.7 Å². The summed E-state index contributed by atoms with van der Waals surface area (Å²) in [5.41, 5.74) is 1.09. The molecule has 3 aromatic rings. The smallest absolute Gasteiger partial charge is 0.255 e. The van der Waals surface area contributed by atoms with E-state index < -0.39 is 0 Å². The van der Waals surface area contributed by atoms with Gasteiger partial charge in [-0.3, -0.25) is 4.79 Å². The van der Waals surface area contributed by atoms with Gasteiger partial charge in [-0.2, -0.15) is 0 Å². The molecule has 3 aromatic carbocycles. The minimum atomic E-state index is -0.263. The van der Waals surface area contributed by atoms with Crippen molar-refractivity contribution < 1.29 is 14.3 Å². The molecule has 0 spiro atoms. The third-order valence-corrected chi connectivity index (χ3v) is 4.12. The number of rotatable bonds is 5. The zero-order valence-electron chi connectivity index (χ0n) is 13.8. The number of carbonyl (C=O) groups excluding carboxylic acids is 1. The molecule has 0 saturated heterocycles. The van der Waals surface area contributed by atoms with Crippen LogP contribution in [0.5, 0.6) is 17.2 Å². The van der Waals surface area contributed by atoms with Crippen LogP contribution in [0, 0.1) is 0 Å². The molecule has 0 aliphatic carbocycles. The van der Waals surface area contributed by atoms with Gasteiger partial charge in [-0.05, 0) is 66.7 Å². The molecule has 0 bridgehead atoms. The largest absolute Gasteiger partial charge is 0.495 e. The fourth-order valence-corrected chi connectivity index (χ4v) is 2.64. The Morgan fingerprint density at radius 3 is 2.08 bits per heavy atom. The number of benzene rings is 3. The highest BCUT2D eigenvalue weighted by atomic mass is 35.5. The third kappa shape index (κ3) is 4.48. The summed E-state index contributed by atoms with van der Waals surface area (Å²) in [5, 5.41) is 3.84. The van der Waals surface area contributed by atoms with Gasteiger partial charge in [-0.15, -0.1) is 0 Å². The van der Waals surface area contributed by atoms with Crippen molar-refractivity contribution in [1.82, 2.24) is 0 Å². The van der Waals surface area contributed by atoms with Gasteiger partial charge in [0.25, 0.3) is 5.91 Å². The fraction of sp³-hybridized carbons (Fsp3) is 0.0500. The molecule has 0 aliphatic rings. The van der Waals surface area contributed by atoms with Crippen LogP contribution >= 0.6 is 23.2 Å². The Kier molecular flexibility index (Phi) is 5.66. The molecular weight excluding hydrogens is 373 g/mol. The summed E-state index contributed by atoms with van der Waals surface area (Å²) in [5.74, 6) is 1.59. The third-order valence-electron chi connectivity index (χ3n) is 3.58. The number of carbonyl (C=O) groups is 1. The number of halogens is 2. The molecule has 0 atom stereocenters. The van der Waals surface area contributed by atoms with Gasteiger partial charge in [0, 0.05) is 16.3 Å². The zero-order valence-corrected chi connectivity index (χ0v) is 15.3. The van der Waals surface area contributed by atoms with Crippen LogP contribution in [0.4, 0.5) is 5.69 Å². The molecule has 4 nitrogen and oxygen atoms in total. The number of amides is 1. The molecule has 3 rings (SSSR count). The van der Waals surface area contributed by atoms with E-state index in [0.29, 0.717) is 38.5 Å². The lowest BCUT2D eigenvalue weighted by Crippen LogP contribution is -2.11. The highest BCUT2D eigenvalue weighted by molar-refractivity contribution is 6.32. The van der Waals surface area contributed by atoms with E-state index in [1.54, 1.807) is 66.7 Å². The maximum absolute atomic E-state index is 12.3. The Hall–Kier alpha value is -2.69. The number of hydrogen-bond donors (Lipinski definition) is 1. The predicted molar refractivity (Wildman–Crippen MR) is 104 cm³/mol. The molecule has 26 heavy (non-hydrogen) atoms. The monoisotopic (exact) mass is 387 g/mol. The number of nitrogens with one attached hydrogen (secondary N) is 1. The van der Waals surface area contributed by atoms with E-state index in [9.17, 15) is 4.79 Å². The molecular formula is C20H15Cl2NO3. The second-order valence-electron chi connectivity index (χ2n) is 5.38. The molecule has 0 radical (unpaired) electrons. The molecule has 0 saturated carbocycles. The predicted octanol–water partition coefficient (Wildman–Crippen LogP) is 6.05. The molecule has 0 unspecified atom stereocenters. The second kappa shape index (κ2) is 8.13. The normalized spacial score (nSPS) is 10.3. The first-order chi connectivity index (χ1) is 12.5. The number of methoxy groups -OCH3 is 1. The molecule has 0 aliphatic heterocycles. The standard InChI is InChI=1S/C20H15Cl2NO3/c1-25-19-11-2-13(12-18(19)22)20(24)23-15-5-9-17(10-6-15)26-16-7-3-14(21)4-8-16/h2-12H,1H3,(H,23,24). The van der Waals surface area contributed by atoms with Gasteiger partial charge >= 0.3 is 0 Å². The maximum Gasteiger partial charge on any atom is 0.255 e. The number of anilines is 1. The molecule has 6 heteroatoms. The lowest BCUT2D eigenvalue weighted by atomic mass is 10.2. The van der Waals surface area contributed by atoms with Crippen LogP contribution in [0.3, 0.4) is 0 Å². The van der Waals surface area contributed by atoms with Crippen LogP contribution < -0.4 is 14.8 Å². The molecule has 0 heterocycles. The van der Waals surface area contributed by atoms with E-state index in [1.165, 1.54) is 7.11 Å². The highest BCUT2D eigenvalue weighted by Crippen LogP contribution is 2.26. The van der Waals surface area contributed by atoms with Gasteiger partial charge in [0.15, 0.2) is 0 Å². The quantitative estimate of drug-likeness (QED) is 0.579. The summed E-state index contributed by atoms with van der Waals surface area (Å²) in [7, 11) is 1.52. The Morgan fingerprint density at radius 1 is 0.885 bits per heavy atom. The van der Waals surface area contributed by atoms with Crippen LogP contribution in [0.1, 0.15) is 10.4 Å².